The van der Waals surface area contributed by atoms with Crippen molar-refractivity contribution < 1.29 is 26.3 Å². The number of aliphatic hydroxyl groups is 1. The molecule has 76 valence electrons. The molecule has 2 unspecified atom stereocenters. The van der Waals surface area contributed by atoms with Gasteiger partial charge in [0.15, 0.2) is 0 Å². The fourth-order valence-corrected chi connectivity index (χ4v) is 4.97. The van der Waals surface area contributed by atoms with Gasteiger partial charge in [0.1, 0.15) is 0 Å². The monoisotopic (exact) mass is 322 g/mol. The van der Waals surface area contributed by atoms with Crippen LogP contribution in [-0.4, -0.2) is 20.7 Å². The van der Waals surface area contributed by atoms with Crippen LogP contribution in [0.3, 0.4) is 0 Å². The van der Waals surface area contributed by atoms with Crippen LogP contribution in [-0.2, 0) is 0 Å². The molecule has 2 N–H and O–H groups in total. The van der Waals surface area contributed by atoms with Crippen molar-refractivity contribution in [2.24, 2.45) is 5.10 Å². The van der Waals surface area contributed by atoms with Gasteiger partial charge in [-0.25, -0.2) is 0 Å². The van der Waals surface area contributed by atoms with Crippen LogP contribution >= 0.6 is 11.3 Å². The third-order valence-corrected chi connectivity index (χ3v) is 7.44. The Balaban J connectivity index is 1.97. The zero-order valence-electron chi connectivity index (χ0n) is 7.27. The van der Waals surface area contributed by atoms with E-state index >= 15 is 0 Å². The minimum atomic E-state index is -0.653. The first kappa shape index (κ1) is 9.05. The molecule has 1 aromatic rings. The van der Waals surface area contributed by atoms with Crippen LogP contribution in [0.4, 0.5) is 0 Å². The van der Waals surface area contributed by atoms with E-state index < -0.39 is 6.23 Å². The molecule has 0 radical (unpaired) electrons. The fraction of sp³-hybridized carbons (Fsp3) is 0.500. The van der Waals surface area contributed by atoms with Crippen molar-refractivity contribution >= 4 is 17.6 Å². The third-order valence-electron chi connectivity index (χ3n) is 2.26. The number of halogens is 1. The van der Waals surface area contributed by atoms with Gasteiger partial charge in [0.2, 0.25) is 0 Å². The Hall–Kier alpha value is -0.210. The standard InChI is InChI=1S/C8H9IN3OS/c13-7-6-5(3-10-12-7)11-8(14-6)4-1-2-9-4/h3-4,7,12-13H,1-2H2/q-1. The van der Waals surface area contributed by atoms with Crippen molar-refractivity contribution in [2.75, 3.05) is 4.43 Å². The molecule has 4 nitrogen and oxygen atoms in total. The van der Waals surface area contributed by atoms with Gasteiger partial charge in [0.05, 0.1) is 0 Å². The van der Waals surface area contributed by atoms with Gasteiger partial charge in [0.25, 0.3) is 0 Å². The van der Waals surface area contributed by atoms with E-state index in [4.69, 9.17) is 0 Å². The zero-order chi connectivity index (χ0) is 9.54. The number of thiazole rings is 1. The van der Waals surface area contributed by atoms with Crippen molar-refractivity contribution in [3.63, 3.8) is 0 Å². The van der Waals surface area contributed by atoms with Gasteiger partial charge in [-0.2, -0.15) is 0 Å². The van der Waals surface area contributed by atoms with Gasteiger partial charge in [-0.15, -0.1) is 0 Å². The second-order valence-electron chi connectivity index (χ2n) is 3.19. The third kappa shape index (κ3) is 1.36. The van der Waals surface area contributed by atoms with Gasteiger partial charge in [-0.05, 0) is 0 Å². The Bertz CT molecular complexity index is 388. The summed E-state index contributed by atoms with van der Waals surface area (Å²) in [5.74, 6) is 0. The molecule has 2 aliphatic heterocycles. The van der Waals surface area contributed by atoms with Crippen molar-refractivity contribution in [1.82, 2.24) is 10.4 Å². The second-order valence-corrected chi connectivity index (χ2v) is 7.72. The van der Waals surface area contributed by atoms with Gasteiger partial charge in [0, 0.05) is 0 Å². The number of nitrogens with zero attached hydrogens (tertiary/aromatic N) is 2. The Morgan fingerprint density at radius 2 is 2.50 bits per heavy atom. The van der Waals surface area contributed by atoms with Crippen molar-refractivity contribution in [3.05, 3.63) is 15.6 Å². The minimum absolute atomic E-state index is 0.344. The van der Waals surface area contributed by atoms with E-state index in [0.717, 1.165) is 14.5 Å². The number of fused-ring (bicyclic) bond motifs is 1. The average Bonchev–Trinajstić information content (AvgIpc) is 2.46. The molecule has 0 aromatic carbocycles. The Morgan fingerprint density at radius 3 is 3.14 bits per heavy atom. The molecule has 2 aliphatic rings. The number of aliphatic hydroxyl groups excluding tert-OH is 1. The quantitative estimate of drug-likeness (QED) is 0.448. The van der Waals surface area contributed by atoms with Gasteiger partial charge >= 0.3 is 96.0 Å². The maximum absolute atomic E-state index is 9.60. The number of hydrogen-bond acceptors (Lipinski definition) is 5. The zero-order valence-corrected chi connectivity index (χ0v) is 10.2. The predicted molar refractivity (Wildman–Crippen MR) is 50.0 cm³/mol. The Labute approximate surface area is 95.7 Å². The number of hydrogen-bond donors (Lipinski definition) is 2. The van der Waals surface area contributed by atoms with E-state index in [9.17, 15) is 5.11 Å². The number of hydrazone groups is 1. The number of rotatable bonds is 1. The van der Waals surface area contributed by atoms with Crippen LogP contribution in [0.1, 0.15) is 32.2 Å². The summed E-state index contributed by atoms with van der Waals surface area (Å²) in [4.78, 5) is 5.44. The molecule has 2 atom stereocenters. The summed E-state index contributed by atoms with van der Waals surface area (Å²) in [6, 6.07) is 0. The average molecular weight is 322 g/mol. The van der Waals surface area contributed by atoms with Crippen LogP contribution in [0.2, 0.25) is 0 Å². The summed E-state index contributed by atoms with van der Waals surface area (Å²) >= 11 is 1.98. The summed E-state index contributed by atoms with van der Waals surface area (Å²) in [6.07, 6.45) is 2.33. The van der Waals surface area contributed by atoms with Crippen molar-refractivity contribution in [2.45, 2.75) is 16.6 Å². The van der Waals surface area contributed by atoms with Gasteiger partial charge in [-0.3, -0.25) is 0 Å². The molecule has 0 bridgehead atoms. The number of alkyl halides is 2. The first-order valence-corrected chi connectivity index (χ1v) is 7.98. The summed E-state index contributed by atoms with van der Waals surface area (Å²) < 4.78 is 2.16. The molecule has 1 saturated heterocycles. The fourth-order valence-electron chi connectivity index (χ4n) is 1.42. The molecule has 3 heterocycles. The van der Waals surface area contributed by atoms with E-state index in [0.29, 0.717) is 21.2 Å². The summed E-state index contributed by atoms with van der Waals surface area (Å²) in [7, 11) is 0. The molecule has 0 amide bonds. The molecule has 0 aliphatic carbocycles. The normalized spacial score (nSPS) is 29.8. The van der Waals surface area contributed by atoms with E-state index in [1.54, 1.807) is 17.6 Å². The van der Waals surface area contributed by atoms with Crippen LogP contribution in [0.15, 0.2) is 5.10 Å². The first-order valence-electron chi connectivity index (χ1n) is 4.39. The first-order chi connectivity index (χ1) is 6.84. The molecular formula is C8H9IN3OS-. The molecule has 1 aromatic heterocycles. The van der Waals surface area contributed by atoms with E-state index in [2.05, 4.69) is 15.5 Å². The second kappa shape index (κ2) is 3.42. The van der Waals surface area contributed by atoms with Gasteiger partial charge < -0.3 is 0 Å². The van der Waals surface area contributed by atoms with E-state index in [1.165, 1.54) is 15.9 Å². The Morgan fingerprint density at radius 1 is 1.64 bits per heavy atom. The van der Waals surface area contributed by atoms with Crippen LogP contribution in [0, 0.1) is 0 Å². The van der Waals surface area contributed by atoms with Crippen LogP contribution < -0.4 is 26.6 Å². The van der Waals surface area contributed by atoms with E-state index in [1.807, 2.05) is 0 Å². The van der Waals surface area contributed by atoms with Crippen LogP contribution in [0.5, 0.6) is 0 Å². The summed E-state index contributed by atoms with van der Waals surface area (Å²) in [5, 5.41) is 14.7. The topological polar surface area (TPSA) is 57.5 Å². The number of aromatic nitrogens is 1. The molecule has 0 saturated carbocycles. The molecule has 0 spiro atoms. The molecule has 6 heteroatoms. The SMILES string of the molecule is OC1NN=Cc2nc(C3CC[I-]3)sc21. The van der Waals surface area contributed by atoms with Gasteiger partial charge in [-0.1, -0.05) is 0 Å². The maximum atomic E-state index is 9.60. The van der Waals surface area contributed by atoms with E-state index in [-0.39, 0.29) is 0 Å². The number of nitrogens with one attached hydrogen (secondary N) is 1. The molecule has 14 heavy (non-hydrogen) atoms. The van der Waals surface area contributed by atoms with Crippen LogP contribution in [0.25, 0.3) is 0 Å². The van der Waals surface area contributed by atoms with Crippen molar-refractivity contribution in [1.29, 1.82) is 0 Å². The summed E-state index contributed by atoms with van der Waals surface area (Å²) in [6.45, 7) is 0. The Kier molecular flexibility index (Phi) is 2.21. The molecular weight excluding hydrogens is 313 g/mol. The summed E-state index contributed by atoms with van der Waals surface area (Å²) in [5.41, 5.74) is 3.48. The molecule has 1 fully saturated rings. The predicted octanol–water partition coefficient (Wildman–Crippen LogP) is -2.40. The van der Waals surface area contributed by atoms with Crippen molar-refractivity contribution in [3.8, 4) is 0 Å². The molecule has 3 rings (SSSR count).